The predicted molar refractivity (Wildman–Crippen MR) is 141 cm³/mol. The Morgan fingerprint density at radius 3 is 2.76 bits per heavy atom. The van der Waals surface area contributed by atoms with E-state index in [1.165, 1.54) is 36.9 Å². The van der Waals surface area contributed by atoms with Crippen molar-refractivity contribution >= 4 is 5.91 Å². The highest BCUT2D eigenvalue weighted by Crippen LogP contribution is 2.74. The topological polar surface area (TPSA) is 86.1 Å². The summed E-state index contributed by atoms with van der Waals surface area (Å²) in [6, 6.07) is 7.43. The van der Waals surface area contributed by atoms with Crippen molar-refractivity contribution in [3.63, 3.8) is 0 Å². The molecule has 1 aromatic carbocycles. The Kier molecular flexibility index (Phi) is 5.02. The van der Waals surface area contributed by atoms with Crippen LogP contribution in [0.1, 0.15) is 54.6 Å². The summed E-state index contributed by atoms with van der Waals surface area (Å²) in [5, 5.41) is 23.3. The van der Waals surface area contributed by atoms with Gasteiger partial charge in [0.05, 0.1) is 17.7 Å². The minimum absolute atomic E-state index is 0.0464. The number of aliphatic hydroxyl groups is 1. The largest absolute Gasteiger partial charge is 0.504 e. The van der Waals surface area contributed by atoms with Crippen molar-refractivity contribution in [2.75, 3.05) is 20.1 Å². The van der Waals surface area contributed by atoms with Gasteiger partial charge in [0.15, 0.2) is 11.5 Å². The van der Waals surface area contributed by atoms with Gasteiger partial charge in [-0.2, -0.15) is 13.2 Å². The molecule has 0 radical (unpaired) electrons. The Morgan fingerprint density at radius 2 is 2.00 bits per heavy atom. The van der Waals surface area contributed by atoms with Gasteiger partial charge >= 0.3 is 6.18 Å². The van der Waals surface area contributed by atoms with E-state index < -0.39 is 40.3 Å². The minimum atomic E-state index is -4.59. The van der Waals surface area contributed by atoms with Crippen LogP contribution in [0.15, 0.2) is 42.0 Å². The zero-order chi connectivity index (χ0) is 28.5. The number of nitrogens with zero attached hydrogens (tertiary/aromatic N) is 3. The smallest absolute Gasteiger partial charge is 0.433 e. The number of piperidine rings is 1. The number of phenols is 1. The summed E-state index contributed by atoms with van der Waals surface area (Å²) in [6.07, 6.45) is 1.72. The number of amides is 1. The number of alkyl halides is 3. The number of phenolic OH excluding ortho intramolecular Hbond substituents is 1. The lowest BCUT2D eigenvalue weighted by molar-refractivity contribution is -0.188. The number of carbonyl (C=O) groups is 1. The molecule has 4 bridgehead atoms. The Morgan fingerprint density at radius 1 is 1.20 bits per heavy atom. The molecule has 1 aromatic heterocycles. The zero-order valence-corrected chi connectivity index (χ0v) is 22.7. The van der Waals surface area contributed by atoms with Gasteiger partial charge in [0.2, 0.25) is 0 Å². The van der Waals surface area contributed by atoms with E-state index in [9.17, 15) is 28.2 Å². The van der Waals surface area contributed by atoms with Gasteiger partial charge in [-0.1, -0.05) is 18.2 Å². The number of carbonyl (C=O) groups excluding carboxylic acids is 1. The van der Waals surface area contributed by atoms with Crippen molar-refractivity contribution in [1.82, 2.24) is 14.8 Å². The summed E-state index contributed by atoms with van der Waals surface area (Å²) >= 11 is 0. The molecular weight excluding hydrogens is 535 g/mol. The van der Waals surface area contributed by atoms with Gasteiger partial charge in [0.1, 0.15) is 17.4 Å². The van der Waals surface area contributed by atoms with Crippen LogP contribution in [0.4, 0.5) is 13.2 Å². The number of hydrogen-bond donors (Lipinski definition) is 2. The molecule has 216 valence electrons. The van der Waals surface area contributed by atoms with Gasteiger partial charge in [-0.3, -0.25) is 9.69 Å². The highest BCUT2D eigenvalue weighted by atomic mass is 19.4. The number of aromatic nitrogens is 1. The lowest BCUT2D eigenvalue weighted by Crippen LogP contribution is -2.78. The van der Waals surface area contributed by atoms with Gasteiger partial charge in [-0.25, -0.2) is 4.98 Å². The lowest BCUT2D eigenvalue weighted by atomic mass is 9.38. The molecule has 7 nitrogen and oxygen atoms in total. The number of ether oxygens (including phenoxy) is 1. The Balaban J connectivity index is 1.22. The number of halogens is 3. The molecule has 5 aliphatic carbocycles. The van der Waals surface area contributed by atoms with E-state index in [2.05, 4.69) is 9.88 Å². The van der Waals surface area contributed by atoms with Crippen LogP contribution >= 0.6 is 0 Å². The molecule has 2 saturated carbocycles. The molecule has 0 unspecified atom stereocenters. The molecule has 3 fully saturated rings. The first-order valence-corrected chi connectivity index (χ1v) is 14.5. The average molecular weight is 568 g/mol. The number of likely N-dealkylation sites (N-methyl/N-ethyl adjacent to an activating group) is 1. The van der Waals surface area contributed by atoms with Crippen molar-refractivity contribution in [2.45, 2.75) is 74.4 Å². The summed E-state index contributed by atoms with van der Waals surface area (Å²) < 4.78 is 46.3. The number of hydrogen-bond acceptors (Lipinski definition) is 6. The van der Waals surface area contributed by atoms with Crippen LogP contribution in [0.2, 0.25) is 0 Å². The van der Waals surface area contributed by atoms with Crippen LogP contribution in [0.5, 0.6) is 11.5 Å². The Bertz CT molecular complexity index is 1520. The third kappa shape index (κ3) is 3.23. The maximum Gasteiger partial charge on any atom is 0.433 e. The number of fused-ring (bicyclic) bond motifs is 1. The third-order valence-electron chi connectivity index (χ3n) is 10.9. The van der Waals surface area contributed by atoms with Gasteiger partial charge < -0.3 is 19.8 Å². The highest BCUT2D eigenvalue weighted by Gasteiger charge is 2.78. The molecule has 1 amide bonds. The summed E-state index contributed by atoms with van der Waals surface area (Å²) in [5.74, 6) is 0.718. The highest BCUT2D eigenvalue weighted by molar-refractivity contribution is 5.97. The van der Waals surface area contributed by atoms with E-state index in [4.69, 9.17) is 4.74 Å². The SMILES string of the molecule is CN(Cc1cccc(C(F)(F)F)n1)C(=O)C1=C[C@@]23CC[C@]1(O)[C@@H]1Oc4c(O)ccc5c4[C@@]12CCN(CC1CC1)[C@@H]3C5. The Labute approximate surface area is 235 Å². The van der Waals surface area contributed by atoms with E-state index in [-0.39, 0.29) is 29.6 Å². The standard InChI is InChI=1S/C31H32F3N3O4/c1-36(16-19-3-2-4-22(35-19)31(32,33)34)26(39)20-14-28-9-10-30(20,40)27-29(28)11-12-37(15-17-5-6-17)23(28)13-18-7-8-21(38)25(41-27)24(18)29/h2-4,7-8,14,17,23,27,38,40H,5-6,9-13,15-16H2,1H3/t23-,27-,28-,29+,30-/m1/s1. The fourth-order valence-corrected chi connectivity index (χ4v) is 9.05. The summed E-state index contributed by atoms with van der Waals surface area (Å²) in [4.78, 5) is 21.7. The normalized spacial score (nSPS) is 34.6. The predicted octanol–water partition coefficient (Wildman–Crippen LogP) is 3.96. The van der Waals surface area contributed by atoms with Crippen molar-refractivity contribution in [2.24, 2.45) is 11.3 Å². The first-order valence-electron chi connectivity index (χ1n) is 14.5. The van der Waals surface area contributed by atoms with Crippen LogP contribution in [0.25, 0.3) is 0 Å². The number of likely N-dealkylation sites (tertiary alicyclic amines) is 1. The second-order valence-corrected chi connectivity index (χ2v) is 13.0. The molecule has 2 N–H and O–H groups in total. The summed E-state index contributed by atoms with van der Waals surface area (Å²) in [5.41, 5.74) is -1.15. The molecule has 41 heavy (non-hydrogen) atoms. The molecule has 10 heteroatoms. The van der Waals surface area contributed by atoms with Crippen LogP contribution < -0.4 is 4.74 Å². The minimum Gasteiger partial charge on any atom is -0.504 e. The first kappa shape index (κ1) is 25.6. The van der Waals surface area contributed by atoms with Gasteiger partial charge in [0.25, 0.3) is 5.91 Å². The van der Waals surface area contributed by atoms with Crippen LogP contribution in [-0.4, -0.2) is 68.8 Å². The average Bonchev–Trinajstić information content (AvgIpc) is 3.67. The van der Waals surface area contributed by atoms with E-state index >= 15 is 0 Å². The number of rotatable bonds is 5. The third-order valence-corrected chi connectivity index (χ3v) is 10.9. The molecule has 2 aromatic rings. The molecule has 2 aliphatic heterocycles. The molecule has 2 spiro atoms. The van der Waals surface area contributed by atoms with Crippen LogP contribution in [-0.2, 0) is 29.4 Å². The van der Waals surface area contributed by atoms with Crippen molar-refractivity contribution in [3.05, 3.63) is 64.5 Å². The van der Waals surface area contributed by atoms with Crippen LogP contribution in [0, 0.1) is 11.3 Å². The van der Waals surface area contributed by atoms with Gasteiger partial charge in [-0.05, 0) is 74.8 Å². The lowest BCUT2D eigenvalue weighted by Gasteiger charge is -2.70. The van der Waals surface area contributed by atoms with E-state index in [1.54, 1.807) is 6.07 Å². The fourth-order valence-electron chi connectivity index (χ4n) is 9.05. The van der Waals surface area contributed by atoms with Crippen molar-refractivity contribution in [1.29, 1.82) is 0 Å². The molecular formula is C31H32F3N3O4. The number of aromatic hydroxyl groups is 1. The molecule has 7 aliphatic rings. The van der Waals surface area contributed by atoms with Crippen molar-refractivity contribution < 1.29 is 32.9 Å². The van der Waals surface area contributed by atoms with Crippen molar-refractivity contribution in [3.8, 4) is 11.5 Å². The quantitative estimate of drug-likeness (QED) is 0.569. The van der Waals surface area contributed by atoms with E-state index in [0.29, 0.717) is 24.5 Å². The monoisotopic (exact) mass is 567 g/mol. The fraction of sp³-hybridized carbons (Fsp3) is 0.548. The Hall–Kier alpha value is -3.11. The summed E-state index contributed by atoms with van der Waals surface area (Å²) in [6.45, 7) is 1.74. The molecule has 3 heterocycles. The summed E-state index contributed by atoms with van der Waals surface area (Å²) in [7, 11) is 1.53. The van der Waals surface area contributed by atoms with Gasteiger partial charge in [-0.15, -0.1) is 0 Å². The van der Waals surface area contributed by atoms with Crippen LogP contribution in [0.3, 0.4) is 0 Å². The van der Waals surface area contributed by atoms with Gasteiger partial charge in [0, 0.05) is 36.2 Å². The maximum atomic E-state index is 14.1. The number of benzene rings is 1. The van der Waals surface area contributed by atoms with E-state index in [1.807, 2.05) is 12.1 Å². The van der Waals surface area contributed by atoms with E-state index in [0.717, 1.165) is 43.1 Å². The molecule has 5 atom stereocenters. The first-order chi connectivity index (χ1) is 19.5. The second kappa shape index (κ2) is 8.04. The molecule has 1 saturated heterocycles. The molecule has 9 rings (SSSR count). The zero-order valence-electron chi connectivity index (χ0n) is 22.7. The maximum absolute atomic E-state index is 14.1. The second-order valence-electron chi connectivity index (χ2n) is 13.0. The number of pyridine rings is 1.